The fourth-order valence-electron chi connectivity index (χ4n) is 4.72. The maximum absolute atomic E-state index is 13.8. The van der Waals surface area contributed by atoms with Gasteiger partial charge >= 0.3 is 0 Å². The molecule has 4 rings (SSSR count). The zero-order valence-corrected chi connectivity index (χ0v) is 24.1. The van der Waals surface area contributed by atoms with Crippen LogP contribution in [0.25, 0.3) is 11.1 Å². The first-order chi connectivity index (χ1) is 20.0. The number of carbonyl (C=O) groups is 1. The topological polar surface area (TPSA) is 165 Å². The smallest absolute Gasteiger partial charge is 0.296 e. The molecule has 0 aliphatic rings. The van der Waals surface area contributed by atoms with E-state index in [1.807, 2.05) is 6.92 Å². The number of rotatable bonds is 10. The molecule has 11 heteroatoms. The summed E-state index contributed by atoms with van der Waals surface area (Å²) in [4.78, 5) is 28.0. The molecular weight excluding hydrogens is 556 g/mol. The SMILES string of the molecule is CCC(c1cccc(C#N)c1)n1c(COC(C)C)nc(=O)c(S(=O)(=O)c2ccc(-c3ccccc3C(N)=O)cc2)c1O. The molecule has 0 saturated carbocycles. The van der Waals surface area contributed by atoms with Crippen LogP contribution in [0.1, 0.15) is 60.5 Å². The summed E-state index contributed by atoms with van der Waals surface area (Å²) in [7, 11) is -4.56. The van der Waals surface area contributed by atoms with Crippen LogP contribution >= 0.6 is 0 Å². The van der Waals surface area contributed by atoms with Crippen LogP contribution in [-0.2, 0) is 21.2 Å². The number of aromatic nitrogens is 2. The third-order valence-electron chi connectivity index (χ3n) is 6.72. The minimum atomic E-state index is -4.56. The summed E-state index contributed by atoms with van der Waals surface area (Å²) in [5, 5.41) is 20.9. The number of nitriles is 1. The van der Waals surface area contributed by atoms with E-state index < -0.39 is 38.1 Å². The lowest BCUT2D eigenvalue weighted by molar-refractivity contribution is 0.0571. The number of benzene rings is 3. The van der Waals surface area contributed by atoms with E-state index in [2.05, 4.69) is 11.1 Å². The minimum absolute atomic E-state index is 0.0396. The predicted octanol–water partition coefficient (Wildman–Crippen LogP) is 4.34. The Hall–Kier alpha value is -4.79. The number of sulfone groups is 1. The molecule has 0 spiro atoms. The first-order valence-corrected chi connectivity index (χ1v) is 14.7. The van der Waals surface area contributed by atoms with E-state index in [0.29, 0.717) is 28.7 Å². The van der Waals surface area contributed by atoms with Crippen molar-refractivity contribution in [1.82, 2.24) is 9.55 Å². The van der Waals surface area contributed by atoms with Gasteiger partial charge in [-0.3, -0.25) is 14.2 Å². The maximum atomic E-state index is 13.8. The number of ether oxygens (including phenoxy) is 1. The van der Waals surface area contributed by atoms with Gasteiger partial charge in [0.25, 0.3) is 5.56 Å². The predicted molar refractivity (Wildman–Crippen MR) is 156 cm³/mol. The van der Waals surface area contributed by atoms with E-state index in [1.54, 1.807) is 62.4 Å². The number of carbonyl (C=O) groups excluding carboxylic acids is 1. The molecule has 1 atom stereocenters. The van der Waals surface area contributed by atoms with Crippen LogP contribution in [0.5, 0.6) is 5.88 Å². The second kappa shape index (κ2) is 12.4. The van der Waals surface area contributed by atoms with Crippen molar-refractivity contribution in [2.24, 2.45) is 5.73 Å². The highest BCUT2D eigenvalue weighted by Gasteiger charge is 2.32. The van der Waals surface area contributed by atoms with Crippen molar-refractivity contribution in [3.8, 4) is 23.1 Å². The zero-order chi connectivity index (χ0) is 30.6. The molecule has 0 fully saturated rings. The Kier molecular flexibility index (Phi) is 8.90. The average molecular weight is 587 g/mol. The van der Waals surface area contributed by atoms with Crippen LogP contribution in [-0.4, -0.2) is 35.1 Å². The largest absolute Gasteiger partial charge is 0.493 e. The Morgan fingerprint density at radius 1 is 1.10 bits per heavy atom. The van der Waals surface area contributed by atoms with Gasteiger partial charge in [0.15, 0.2) is 4.90 Å². The zero-order valence-electron chi connectivity index (χ0n) is 23.3. The Bertz CT molecular complexity index is 1840. The van der Waals surface area contributed by atoms with Gasteiger partial charge < -0.3 is 15.6 Å². The lowest BCUT2D eigenvalue weighted by Gasteiger charge is -2.25. The number of aromatic hydroxyl groups is 1. The second-order valence-electron chi connectivity index (χ2n) is 9.81. The molecule has 1 heterocycles. The highest BCUT2D eigenvalue weighted by molar-refractivity contribution is 7.91. The van der Waals surface area contributed by atoms with Gasteiger partial charge in [-0.2, -0.15) is 10.2 Å². The molecule has 1 amide bonds. The van der Waals surface area contributed by atoms with Gasteiger partial charge in [-0.05, 0) is 67.3 Å². The number of hydrogen-bond donors (Lipinski definition) is 2. The van der Waals surface area contributed by atoms with Gasteiger partial charge in [0.2, 0.25) is 21.6 Å². The lowest BCUT2D eigenvalue weighted by atomic mass is 9.99. The molecule has 3 N–H and O–H groups in total. The van der Waals surface area contributed by atoms with Crippen LogP contribution in [0, 0.1) is 11.3 Å². The van der Waals surface area contributed by atoms with Gasteiger partial charge in [0, 0.05) is 5.56 Å². The Balaban J connectivity index is 1.88. The van der Waals surface area contributed by atoms with Gasteiger partial charge in [-0.15, -0.1) is 0 Å². The van der Waals surface area contributed by atoms with Crippen molar-refractivity contribution < 1.29 is 23.1 Å². The molecule has 1 unspecified atom stereocenters. The highest BCUT2D eigenvalue weighted by atomic mass is 32.2. The van der Waals surface area contributed by atoms with Crippen molar-refractivity contribution in [2.45, 2.75) is 55.7 Å². The standard InChI is InChI=1S/C31H30N4O6S/c1-4-26(22-9-7-8-20(16-22)17-32)35-27(18-41-19(2)3)34-30(37)28(31(35)38)42(39,40)23-14-12-21(13-15-23)24-10-5-6-11-25(24)29(33)36/h5-16,19,26,38H,4,18H2,1-3H3,(H2,33,36). The molecule has 1 aromatic heterocycles. The first-order valence-electron chi connectivity index (χ1n) is 13.2. The van der Waals surface area contributed by atoms with Gasteiger partial charge in [-0.25, -0.2) is 8.42 Å². The second-order valence-corrected chi connectivity index (χ2v) is 11.7. The fourth-order valence-corrected chi connectivity index (χ4v) is 6.06. The summed E-state index contributed by atoms with van der Waals surface area (Å²) in [5.41, 5.74) is 6.67. The summed E-state index contributed by atoms with van der Waals surface area (Å²) in [6.07, 6.45) is 0.135. The monoisotopic (exact) mass is 586 g/mol. The van der Waals surface area contributed by atoms with Crippen molar-refractivity contribution >= 4 is 15.7 Å². The molecule has 0 bridgehead atoms. The van der Waals surface area contributed by atoms with E-state index in [4.69, 9.17) is 10.5 Å². The fraction of sp³-hybridized carbons (Fsp3) is 0.226. The van der Waals surface area contributed by atoms with Crippen LogP contribution in [0.15, 0.2) is 87.4 Å². The van der Waals surface area contributed by atoms with Crippen LogP contribution in [0.4, 0.5) is 0 Å². The molecule has 10 nitrogen and oxygen atoms in total. The average Bonchev–Trinajstić information content (AvgIpc) is 2.97. The van der Waals surface area contributed by atoms with Gasteiger partial charge in [0.05, 0.1) is 28.7 Å². The molecule has 0 aliphatic heterocycles. The van der Waals surface area contributed by atoms with Crippen LogP contribution in [0.3, 0.4) is 0 Å². The molecule has 0 saturated heterocycles. The molecule has 216 valence electrons. The summed E-state index contributed by atoms with van der Waals surface area (Å²) < 4.78 is 34.6. The quantitative estimate of drug-likeness (QED) is 0.277. The lowest BCUT2D eigenvalue weighted by Crippen LogP contribution is -2.28. The van der Waals surface area contributed by atoms with E-state index in [-0.39, 0.29) is 29.0 Å². The van der Waals surface area contributed by atoms with E-state index in [9.17, 15) is 28.4 Å². The summed E-state index contributed by atoms with van der Waals surface area (Å²) >= 11 is 0. The Morgan fingerprint density at radius 3 is 2.40 bits per heavy atom. The number of nitrogens with zero attached hydrogens (tertiary/aromatic N) is 3. The number of amides is 1. The molecular formula is C31H30N4O6S. The minimum Gasteiger partial charge on any atom is -0.493 e. The van der Waals surface area contributed by atoms with Crippen molar-refractivity contribution in [2.75, 3.05) is 0 Å². The van der Waals surface area contributed by atoms with Crippen molar-refractivity contribution in [1.29, 1.82) is 5.26 Å². The highest BCUT2D eigenvalue weighted by Crippen LogP contribution is 2.34. The van der Waals surface area contributed by atoms with Gasteiger partial charge in [-0.1, -0.05) is 49.4 Å². The Morgan fingerprint density at radius 2 is 1.79 bits per heavy atom. The number of nitrogens with two attached hydrogens (primary N) is 1. The Labute approximate surface area is 243 Å². The van der Waals surface area contributed by atoms with Crippen LogP contribution in [0.2, 0.25) is 0 Å². The molecule has 0 aliphatic carbocycles. The first kappa shape index (κ1) is 30.2. The van der Waals surface area contributed by atoms with E-state index >= 15 is 0 Å². The normalized spacial score (nSPS) is 12.2. The van der Waals surface area contributed by atoms with Gasteiger partial charge in [0.1, 0.15) is 12.4 Å². The summed E-state index contributed by atoms with van der Waals surface area (Å²) in [6.45, 7) is 5.25. The maximum Gasteiger partial charge on any atom is 0.296 e. The number of hydrogen-bond acceptors (Lipinski definition) is 8. The van der Waals surface area contributed by atoms with Crippen LogP contribution < -0.4 is 11.3 Å². The van der Waals surface area contributed by atoms with Crippen molar-refractivity contribution in [3.63, 3.8) is 0 Å². The molecule has 0 radical (unpaired) electrons. The van der Waals surface area contributed by atoms with E-state index in [0.717, 1.165) is 0 Å². The van der Waals surface area contributed by atoms with Crippen molar-refractivity contribution in [3.05, 3.63) is 106 Å². The third kappa shape index (κ3) is 5.95. The summed E-state index contributed by atoms with van der Waals surface area (Å²) in [5.74, 6) is -1.38. The van der Waals surface area contributed by atoms with E-state index in [1.165, 1.54) is 28.8 Å². The molecule has 3 aromatic carbocycles. The third-order valence-corrected chi connectivity index (χ3v) is 8.50. The summed E-state index contributed by atoms with van der Waals surface area (Å²) in [6, 6.07) is 20.3. The molecule has 4 aromatic rings. The number of primary amides is 1. The molecule has 42 heavy (non-hydrogen) atoms.